The highest BCUT2D eigenvalue weighted by Crippen LogP contribution is 2.21. The molecule has 0 fully saturated rings. The molecule has 3 aromatic rings. The Morgan fingerprint density at radius 3 is 2.73 bits per heavy atom. The molecule has 26 heavy (non-hydrogen) atoms. The van der Waals surface area contributed by atoms with Crippen molar-refractivity contribution in [1.82, 2.24) is 4.98 Å². The number of carbonyl (C=O) groups excluding carboxylic acids is 1. The quantitative estimate of drug-likeness (QED) is 0.529. The summed E-state index contributed by atoms with van der Waals surface area (Å²) >= 11 is 1.51. The highest BCUT2D eigenvalue weighted by molar-refractivity contribution is 7.13. The van der Waals surface area contributed by atoms with E-state index in [4.69, 9.17) is 4.74 Å². The molecule has 5 nitrogen and oxygen atoms in total. The summed E-state index contributed by atoms with van der Waals surface area (Å²) in [4.78, 5) is 16.7. The van der Waals surface area contributed by atoms with E-state index in [1.807, 2.05) is 41.8 Å². The molecule has 0 bridgehead atoms. The van der Waals surface area contributed by atoms with Gasteiger partial charge < -0.3 is 15.4 Å². The van der Waals surface area contributed by atoms with Gasteiger partial charge in [-0.05, 0) is 48.9 Å². The fraction of sp³-hybridized carbons (Fsp3) is 0.200. The minimum absolute atomic E-state index is 0.160. The molecule has 0 radical (unpaired) electrons. The number of rotatable bonds is 8. The van der Waals surface area contributed by atoms with Gasteiger partial charge in [-0.15, -0.1) is 11.3 Å². The zero-order valence-electron chi connectivity index (χ0n) is 14.6. The van der Waals surface area contributed by atoms with Gasteiger partial charge in [0.2, 0.25) is 0 Å². The first kappa shape index (κ1) is 17.9. The number of carbonyl (C=O) groups is 1. The van der Waals surface area contributed by atoms with Crippen molar-refractivity contribution in [2.45, 2.75) is 19.8 Å². The van der Waals surface area contributed by atoms with Crippen molar-refractivity contribution in [1.29, 1.82) is 0 Å². The number of benzene rings is 2. The van der Waals surface area contributed by atoms with E-state index in [0.717, 1.165) is 35.1 Å². The normalized spacial score (nSPS) is 10.3. The molecular weight excluding hydrogens is 346 g/mol. The van der Waals surface area contributed by atoms with Gasteiger partial charge in [0.25, 0.3) is 5.91 Å². The number of nitrogens with zero attached hydrogens (tertiary/aromatic N) is 1. The van der Waals surface area contributed by atoms with Crippen LogP contribution in [0.5, 0.6) is 5.75 Å². The van der Waals surface area contributed by atoms with E-state index in [9.17, 15) is 4.79 Å². The number of nitrogens with one attached hydrogen (secondary N) is 2. The van der Waals surface area contributed by atoms with Crippen molar-refractivity contribution >= 4 is 33.8 Å². The molecule has 1 aromatic heterocycles. The third-order valence-corrected chi connectivity index (χ3v) is 4.38. The van der Waals surface area contributed by atoms with E-state index < -0.39 is 0 Å². The molecular formula is C20H21N3O2S. The lowest BCUT2D eigenvalue weighted by Gasteiger charge is -2.09. The predicted octanol–water partition coefficient (Wildman–Crippen LogP) is 5.32. The number of anilines is 3. The molecule has 0 saturated carbocycles. The van der Waals surface area contributed by atoms with Gasteiger partial charge in [-0.3, -0.25) is 4.79 Å². The topological polar surface area (TPSA) is 63.2 Å². The van der Waals surface area contributed by atoms with Gasteiger partial charge in [-0.1, -0.05) is 19.4 Å². The zero-order valence-corrected chi connectivity index (χ0v) is 15.4. The van der Waals surface area contributed by atoms with Crippen molar-refractivity contribution in [3.05, 3.63) is 65.7 Å². The van der Waals surface area contributed by atoms with E-state index in [1.54, 1.807) is 18.3 Å². The maximum Gasteiger partial charge on any atom is 0.255 e. The Bertz CT molecular complexity index is 833. The van der Waals surface area contributed by atoms with Crippen LogP contribution < -0.4 is 15.4 Å². The Morgan fingerprint density at radius 1 is 1.15 bits per heavy atom. The van der Waals surface area contributed by atoms with Crippen molar-refractivity contribution in [3.63, 3.8) is 0 Å². The van der Waals surface area contributed by atoms with Gasteiger partial charge in [0, 0.05) is 28.5 Å². The summed E-state index contributed by atoms with van der Waals surface area (Å²) in [6, 6.07) is 14.8. The summed E-state index contributed by atoms with van der Waals surface area (Å²) in [5.74, 6) is 0.651. The van der Waals surface area contributed by atoms with Crippen molar-refractivity contribution in [2.75, 3.05) is 17.2 Å². The number of aromatic nitrogens is 1. The highest BCUT2D eigenvalue weighted by atomic mass is 32.1. The lowest BCUT2D eigenvalue weighted by Crippen LogP contribution is -2.12. The smallest absolute Gasteiger partial charge is 0.255 e. The lowest BCUT2D eigenvalue weighted by molar-refractivity contribution is 0.102. The van der Waals surface area contributed by atoms with Crippen LogP contribution in [0.4, 0.5) is 16.5 Å². The summed E-state index contributed by atoms with van der Waals surface area (Å²) in [6.45, 7) is 2.84. The number of unbranched alkanes of at least 4 members (excludes halogenated alkanes) is 1. The van der Waals surface area contributed by atoms with Crippen LogP contribution >= 0.6 is 11.3 Å². The molecule has 0 aliphatic carbocycles. The monoisotopic (exact) mass is 367 g/mol. The molecule has 0 unspecified atom stereocenters. The third kappa shape index (κ3) is 5.07. The van der Waals surface area contributed by atoms with Crippen LogP contribution in [0.1, 0.15) is 30.1 Å². The number of hydrogen-bond donors (Lipinski definition) is 2. The van der Waals surface area contributed by atoms with Crippen LogP contribution in [-0.4, -0.2) is 17.5 Å². The summed E-state index contributed by atoms with van der Waals surface area (Å²) in [5.41, 5.74) is 2.14. The SMILES string of the molecule is CCCCOc1ccc(NC(=O)c2cccc(Nc3nccs3)c2)cc1. The predicted molar refractivity (Wildman–Crippen MR) is 107 cm³/mol. The molecule has 0 atom stereocenters. The minimum Gasteiger partial charge on any atom is -0.494 e. The first-order valence-electron chi connectivity index (χ1n) is 8.55. The minimum atomic E-state index is -0.160. The second-order valence-corrected chi connectivity index (χ2v) is 6.62. The Balaban J connectivity index is 1.60. The Morgan fingerprint density at radius 2 is 2.00 bits per heavy atom. The van der Waals surface area contributed by atoms with Crippen molar-refractivity contribution in [3.8, 4) is 5.75 Å². The van der Waals surface area contributed by atoms with Gasteiger partial charge in [-0.25, -0.2) is 4.98 Å². The van der Waals surface area contributed by atoms with E-state index in [2.05, 4.69) is 22.5 Å². The molecule has 134 valence electrons. The Kier molecular flexibility index (Phi) is 6.22. The van der Waals surface area contributed by atoms with Gasteiger partial charge >= 0.3 is 0 Å². The van der Waals surface area contributed by atoms with E-state index in [1.165, 1.54) is 11.3 Å². The van der Waals surface area contributed by atoms with Crippen molar-refractivity contribution in [2.24, 2.45) is 0 Å². The second kappa shape index (κ2) is 9.01. The van der Waals surface area contributed by atoms with Crippen LogP contribution in [0.3, 0.4) is 0 Å². The molecule has 0 aliphatic rings. The van der Waals surface area contributed by atoms with Crippen LogP contribution in [0.2, 0.25) is 0 Å². The highest BCUT2D eigenvalue weighted by Gasteiger charge is 2.08. The van der Waals surface area contributed by atoms with E-state index in [0.29, 0.717) is 12.2 Å². The summed E-state index contributed by atoms with van der Waals surface area (Å²) in [6.07, 6.45) is 3.87. The fourth-order valence-electron chi connectivity index (χ4n) is 2.32. The lowest BCUT2D eigenvalue weighted by atomic mass is 10.2. The molecule has 0 spiro atoms. The Hall–Kier alpha value is -2.86. The maximum absolute atomic E-state index is 12.5. The van der Waals surface area contributed by atoms with Crippen LogP contribution in [-0.2, 0) is 0 Å². The molecule has 1 amide bonds. The van der Waals surface area contributed by atoms with Gasteiger partial charge in [0.15, 0.2) is 5.13 Å². The third-order valence-electron chi connectivity index (χ3n) is 3.69. The zero-order chi connectivity index (χ0) is 18.2. The first-order chi connectivity index (χ1) is 12.7. The average Bonchev–Trinajstić information content (AvgIpc) is 3.16. The largest absolute Gasteiger partial charge is 0.494 e. The number of hydrogen-bond acceptors (Lipinski definition) is 5. The first-order valence-corrected chi connectivity index (χ1v) is 9.43. The van der Waals surface area contributed by atoms with Crippen LogP contribution in [0, 0.1) is 0 Å². The molecule has 1 heterocycles. The van der Waals surface area contributed by atoms with E-state index >= 15 is 0 Å². The molecule has 2 N–H and O–H groups in total. The number of amides is 1. The number of thiazole rings is 1. The van der Waals surface area contributed by atoms with E-state index in [-0.39, 0.29) is 5.91 Å². The summed E-state index contributed by atoms with van der Waals surface area (Å²) in [7, 11) is 0. The summed E-state index contributed by atoms with van der Waals surface area (Å²) < 4.78 is 5.63. The fourth-order valence-corrected chi connectivity index (χ4v) is 2.87. The van der Waals surface area contributed by atoms with Crippen LogP contribution in [0.25, 0.3) is 0 Å². The van der Waals surface area contributed by atoms with Crippen molar-refractivity contribution < 1.29 is 9.53 Å². The van der Waals surface area contributed by atoms with Gasteiger partial charge in [0.05, 0.1) is 6.61 Å². The van der Waals surface area contributed by atoms with Crippen LogP contribution in [0.15, 0.2) is 60.1 Å². The molecule has 2 aromatic carbocycles. The second-order valence-electron chi connectivity index (χ2n) is 5.72. The molecule has 3 rings (SSSR count). The summed E-state index contributed by atoms with van der Waals surface area (Å²) in [5, 5.41) is 8.78. The number of ether oxygens (including phenoxy) is 1. The molecule has 0 saturated heterocycles. The molecule has 6 heteroatoms. The maximum atomic E-state index is 12.5. The standard InChI is InChI=1S/C20H21N3O2S/c1-2-3-12-25-18-9-7-16(8-10-18)22-19(24)15-5-4-6-17(14-15)23-20-21-11-13-26-20/h4-11,13-14H,2-3,12H2,1H3,(H,21,23)(H,22,24). The molecule has 0 aliphatic heterocycles. The average molecular weight is 367 g/mol. The Labute approximate surface area is 157 Å². The van der Waals surface area contributed by atoms with Gasteiger partial charge in [0.1, 0.15) is 5.75 Å². The van der Waals surface area contributed by atoms with Gasteiger partial charge in [-0.2, -0.15) is 0 Å².